The van der Waals surface area contributed by atoms with Gasteiger partial charge in [0, 0.05) is 16.3 Å². The van der Waals surface area contributed by atoms with Crippen LogP contribution in [0.25, 0.3) is 5.76 Å². The first kappa shape index (κ1) is 23.6. The van der Waals surface area contributed by atoms with Crippen molar-refractivity contribution >= 4 is 34.7 Å². The number of halogens is 1. The van der Waals surface area contributed by atoms with Crippen LogP contribution in [0.3, 0.4) is 0 Å². The minimum atomic E-state index is -0.917. The van der Waals surface area contributed by atoms with E-state index in [-0.39, 0.29) is 11.3 Å². The maximum atomic E-state index is 13.1. The van der Waals surface area contributed by atoms with E-state index in [1.54, 1.807) is 67.6 Å². The zero-order valence-corrected chi connectivity index (χ0v) is 19.8. The molecule has 0 radical (unpaired) electrons. The van der Waals surface area contributed by atoms with Gasteiger partial charge >= 0.3 is 0 Å². The van der Waals surface area contributed by atoms with Crippen molar-refractivity contribution in [2.24, 2.45) is 0 Å². The van der Waals surface area contributed by atoms with E-state index in [2.05, 4.69) is 6.92 Å². The number of aliphatic hydroxyl groups is 1. The monoisotopic (exact) mass is 479 g/mol. The molecule has 1 aliphatic heterocycles. The number of rotatable bonds is 8. The molecule has 176 valence electrons. The van der Waals surface area contributed by atoms with Gasteiger partial charge in [-0.2, -0.15) is 0 Å². The van der Waals surface area contributed by atoms with Crippen LogP contribution in [0.1, 0.15) is 49.3 Å². The zero-order valence-electron chi connectivity index (χ0n) is 19.1. The molecule has 1 unspecified atom stereocenters. The number of aryl methyl sites for hydroxylation is 1. The quantitative estimate of drug-likeness (QED) is 0.174. The van der Waals surface area contributed by atoms with Gasteiger partial charge in [-0.05, 0) is 74.0 Å². The molecule has 1 N–H and O–H groups in total. The summed E-state index contributed by atoms with van der Waals surface area (Å²) in [5.74, 6) is -0.130. The van der Waals surface area contributed by atoms with Gasteiger partial charge in [-0.15, -0.1) is 0 Å². The Morgan fingerprint density at radius 3 is 2.35 bits per heavy atom. The maximum absolute atomic E-state index is 13.1. The Bertz CT molecular complexity index is 1210. The van der Waals surface area contributed by atoms with Gasteiger partial charge in [0.25, 0.3) is 11.7 Å². The van der Waals surface area contributed by atoms with Crippen LogP contribution in [-0.4, -0.2) is 23.4 Å². The number of nitrogens with zero attached hydrogens (tertiary/aromatic N) is 1. The zero-order chi connectivity index (χ0) is 24.2. The van der Waals surface area contributed by atoms with Crippen molar-refractivity contribution in [1.29, 1.82) is 0 Å². The molecular weight excluding hydrogens is 454 g/mol. The number of ketones is 1. The fourth-order valence-electron chi connectivity index (χ4n) is 3.98. The predicted molar refractivity (Wildman–Crippen MR) is 131 cm³/mol. The molecule has 2 heterocycles. The standard InChI is InChI=1S/C27H26ClNO5/c1-3-4-5-16-33-21-13-7-18(8-14-21)25(30)23-24(22-15-6-17(2)34-22)29(27(32)26(23)31)20-11-9-19(28)10-12-20/h6-15,24,30H,3-5,16H2,1-2H3/b25-23-. The van der Waals surface area contributed by atoms with Crippen molar-refractivity contribution in [3.63, 3.8) is 0 Å². The molecule has 1 aliphatic rings. The Kier molecular flexibility index (Phi) is 7.08. The molecule has 4 rings (SSSR count). The van der Waals surface area contributed by atoms with Gasteiger partial charge in [-0.3, -0.25) is 14.5 Å². The molecule has 0 spiro atoms. The lowest BCUT2D eigenvalue weighted by Gasteiger charge is -2.23. The van der Waals surface area contributed by atoms with E-state index >= 15 is 0 Å². The smallest absolute Gasteiger partial charge is 0.300 e. The van der Waals surface area contributed by atoms with Crippen LogP contribution in [0.5, 0.6) is 5.75 Å². The normalized spacial score (nSPS) is 17.4. The highest BCUT2D eigenvalue weighted by Gasteiger charge is 2.48. The molecule has 2 aromatic carbocycles. The molecule has 1 atom stereocenters. The van der Waals surface area contributed by atoms with E-state index in [1.807, 2.05) is 0 Å². The molecule has 1 amide bonds. The number of anilines is 1. The first-order valence-corrected chi connectivity index (χ1v) is 11.6. The lowest BCUT2D eigenvalue weighted by molar-refractivity contribution is -0.132. The number of furan rings is 1. The largest absolute Gasteiger partial charge is 0.507 e. The van der Waals surface area contributed by atoms with E-state index in [4.69, 9.17) is 20.8 Å². The third-order valence-electron chi connectivity index (χ3n) is 5.72. The Balaban J connectivity index is 1.73. The highest BCUT2D eigenvalue weighted by Crippen LogP contribution is 2.42. The number of amides is 1. The van der Waals surface area contributed by atoms with Crippen LogP contribution in [0.4, 0.5) is 5.69 Å². The highest BCUT2D eigenvalue weighted by molar-refractivity contribution is 6.51. The number of ether oxygens (including phenoxy) is 1. The Morgan fingerprint density at radius 1 is 1.03 bits per heavy atom. The van der Waals surface area contributed by atoms with Crippen molar-refractivity contribution in [2.45, 2.75) is 39.2 Å². The molecule has 6 nitrogen and oxygen atoms in total. The predicted octanol–water partition coefficient (Wildman–Crippen LogP) is 6.44. The van der Waals surface area contributed by atoms with Gasteiger partial charge in [0.1, 0.15) is 29.1 Å². The minimum absolute atomic E-state index is 0.0362. The first-order valence-electron chi connectivity index (χ1n) is 11.3. The topological polar surface area (TPSA) is 80.0 Å². The Morgan fingerprint density at radius 2 is 1.74 bits per heavy atom. The summed E-state index contributed by atoms with van der Waals surface area (Å²) in [5, 5.41) is 11.7. The second kappa shape index (κ2) is 10.2. The summed E-state index contributed by atoms with van der Waals surface area (Å²) in [4.78, 5) is 27.5. The molecule has 34 heavy (non-hydrogen) atoms. The minimum Gasteiger partial charge on any atom is -0.507 e. The third-order valence-corrected chi connectivity index (χ3v) is 5.98. The second-order valence-electron chi connectivity index (χ2n) is 8.17. The molecule has 0 saturated carbocycles. The van der Waals surface area contributed by atoms with Gasteiger partial charge in [-0.1, -0.05) is 31.4 Å². The van der Waals surface area contributed by atoms with Crippen molar-refractivity contribution in [3.05, 3.63) is 88.3 Å². The first-order chi connectivity index (χ1) is 16.4. The van der Waals surface area contributed by atoms with Crippen LogP contribution in [0.15, 0.2) is 70.7 Å². The molecule has 1 fully saturated rings. The van der Waals surface area contributed by atoms with Crippen LogP contribution >= 0.6 is 11.6 Å². The number of unbranched alkanes of at least 4 members (excludes halogenated alkanes) is 2. The van der Waals surface area contributed by atoms with E-state index in [0.29, 0.717) is 40.2 Å². The van der Waals surface area contributed by atoms with Gasteiger partial charge < -0.3 is 14.3 Å². The number of aliphatic hydroxyl groups excluding tert-OH is 1. The summed E-state index contributed by atoms with van der Waals surface area (Å²) in [7, 11) is 0. The molecule has 3 aromatic rings. The number of hydrogen-bond donors (Lipinski definition) is 1. The number of carbonyl (C=O) groups is 2. The van der Waals surface area contributed by atoms with Crippen molar-refractivity contribution in [2.75, 3.05) is 11.5 Å². The number of carbonyl (C=O) groups excluding carboxylic acids is 2. The van der Waals surface area contributed by atoms with E-state index < -0.39 is 17.7 Å². The lowest BCUT2D eigenvalue weighted by atomic mass is 9.99. The average Bonchev–Trinajstić information content (AvgIpc) is 3.38. The third kappa shape index (κ3) is 4.73. The fourth-order valence-corrected chi connectivity index (χ4v) is 4.10. The van der Waals surface area contributed by atoms with Crippen molar-refractivity contribution in [1.82, 2.24) is 0 Å². The van der Waals surface area contributed by atoms with Crippen LogP contribution in [-0.2, 0) is 9.59 Å². The summed E-state index contributed by atoms with van der Waals surface area (Å²) >= 11 is 6.01. The summed E-state index contributed by atoms with van der Waals surface area (Å²) in [6.07, 6.45) is 3.17. The van der Waals surface area contributed by atoms with Crippen LogP contribution in [0, 0.1) is 6.92 Å². The van der Waals surface area contributed by atoms with Gasteiger partial charge in [0.2, 0.25) is 0 Å². The average molecular weight is 480 g/mol. The van der Waals surface area contributed by atoms with E-state index in [1.165, 1.54) is 4.90 Å². The molecule has 1 aromatic heterocycles. The highest BCUT2D eigenvalue weighted by atomic mass is 35.5. The second-order valence-corrected chi connectivity index (χ2v) is 8.61. The summed E-state index contributed by atoms with van der Waals surface area (Å²) < 4.78 is 11.5. The Hall–Kier alpha value is -3.51. The van der Waals surface area contributed by atoms with Crippen LogP contribution in [0.2, 0.25) is 5.02 Å². The molecule has 1 saturated heterocycles. The lowest BCUT2D eigenvalue weighted by Crippen LogP contribution is -2.29. The summed E-state index contributed by atoms with van der Waals surface area (Å²) in [6.45, 7) is 4.52. The number of hydrogen-bond acceptors (Lipinski definition) is 5. The summed E-state index contributed by atoms with van der Waals surface area (Å²) in [6, 6.07) is 15.9. The van der Waals surface area contributed by atoms with Crippen LogP contribution < -0.4 is 9.64 Å². The van der Waals surface area contributed by atoms with Gasteiger partial charge in [-0.25, -0.2) is 0 Å². The van der Waals surface area contributed by atoms with Gasteiger partial charge in [0.15, 0.2) is 0 Å². The van der Waals surface area contributed by atoms with E-state index in [9.17, 15) is 14.7 Å². The van der Waals surface area contributed by atoms with E-state index in [0.717, 1.165) is 19.3 Å². The SMILES string of the molecule is CCCCCOc1ccc(/C(O)=C2/C(=O)C(=O)N(c3ccc(Cl)cc3)C2c2ccc(C)o2)cc1. The fraction of sp³-hybridized carbons (Fsp3) is 0.259. The molecule has 7 heteroatoms. The Labute approximate surface area is 203 Å². The molecule has 0 bridgehead atoms. The summed E-state index contributed by atoms with van der Waals surface area (Å²) in [5.41, 5.74) is 0.842. The van der Waals surface area contributed by atoms with Gasteiger partial charge in [0.05, 0.1) is 12.2 Å². The molecule has 0 aliphatic carbocycles. The number of benzene rings is 2. The van der Waals surface area contributed by atoms with Crippen molar-refractivity contribution < 1.29 is 23.8 Å². The maximum Gasteiger partial charge on any atom is 0.300 e. The molecular formula is C27H26ClNO5. The van der Waals surface area contributed by atoms with Crippen molar-refractivity contribution in [3.8, 4) is 5.75 Å². The number of Topliss-reactive ketones (excluding diaryl/α,β-unsaturated/α-hetero) is 1.